The lowest BCUT2D eigenvalue weighted by molar-refractivity contribution is -0.138. The molecule has 0 radical (unpaired) electrons. The molecule has 0 spiro atoms. The first-order valence-corrected chi connectivity index (χ1v) is 12.6. The smallest absolute Gasteiger partial charge is 0.230 e. The maximum absolute atomic E-state index is 12.9. The topological polar surface area (TPSA) is 63.2 Å². The average Bonchev–Trinajstić information content (AvgIpc) is 3.27. The molecule has 1 saturated carbocycles. The average molecular weight is 563 g/mol. The van der Waals surface area contributed by atoms with Crippen LogP contribution < -0.4 is 10.6 Å². The van der Waals surface area contributed by atoms with E-state index >= 15 is 0 Å². The Hall–Kier alpha value is -0.610. The van der Waals surface area contributed by atoms with Crippen LogP contribution in [0.1, 0.15) is 64.7 Å². The lowest BCUT2D eigenvalue weighted by atomic mass is 9.84. The van der Waals surface area contributed by atoms with E-state index in [4.69, 9.17) is 4.99 Å². The van der Waals surface area contributed by atoms with Crippen molar-refractivity contribution in [2.75, 3.05) is 67.0 Å². The second kappa shape index (κ2) is 12.7. The van der Waals surface area contributed by atoms with E-state index in [1.54, 1.807) is 4.90 Å². The molecule has 0 aromatic rings. The van der Waals surface area contributed by atoms with Gasteiger partial charge in [0.05, 0.1) is 12.0 Å². The summed E-state index contributed by atoms with van der Waals surface area (Å²) in [4.78, 5) is 25.0. The highest BCUT2D eigenvalue weighted by molar-refractivity contribution is 14.0. The zero-order valence-electron chi connectivity index (χ0n) is 20.9. The van der Waals surface area contributed by atoms with E-state index in [1.165, 1.54) is 45.2 Å². The van der Waals surface area contributed by atoms with Crippen molar-refractivity contribution in [2.24, 2.45) is 10.4 Å². The molecule has 0 unspecified atom stereocenters. The molecule has 186 valence electrons. The first-order valence-electron chi connectivity index (χ1n) is 12.6. The van der Waals surface area contributed by atoms with Gasteiger partial charge in [0.1, 0.15) is 0 Å². The van der Waals surface area contributed by atoms with Gasteiger partial charge in [-0.2, -0.15) is 0 Å². The van der Waals surface area contributed by atoms with Gasteiger partial charge in [-0.15, -0.1) is 24.0 Å². The Morgan fingerprint density at radius 2 is 1.56 bits per heavy atom. The third-order valence-electron chi connectivity index (χ3n) is 7.84. The predicted molar refractivity (Wildman–Crippen MR) is 144 cm³/mol. The van der Waals surface area contributed by atoms with Crippen molar-refractivity contribution in [1.82, 2.24) is 25.3 Å². The Bertz CT molecular complexity index is 606. The Labute approximate surface area is 213 Å². The van der Waals surface area contributed by atoms with Crippen molar-refractivity contribution in [2.45, 2.75) is 70.3 Å². The molecule has 7 nitrogen and oxygen atoms in total. The summed E-state index contributed by atoms with van der Waals surface area (Å²) in [6.45, 7) is 9.18. The predicted octanol–water partition coefficient (Wildman–Crippen LogP) is 2.76. The lowest BCUT2D eigenvalue weighted by Crippen LogP contribution is -2.58. The molecule has 2 N–H and O–H groups in total. The van der Waals surface area contributed by atoms with Crippen molar-refractivity contribution in [3.63, 3.8) is 0 Å². The maximum atomic E-state index is 12.9. The van der Waals surface area contributed by atoms with Gasteiger partial charge in [-0.05, 0) is 78.7 Å². The summed E-state index contributed by atoms with van der Waals surface area (Å²) in [5.41, 5.74) is -0.0996. The second-order valence-electron chi connectivity index (χ2n) is 10.3. The first kappa shape index (κ1) is 27.6. The van der Waals surface area contributed by atoms with Crippen LogP contribution in [0.25, 0.3) is 0 Å². The quantitative estimate of drug-likeness (QED) is 0.284. The Morgan fingerprint density at radius 3 is 2.12 bits per heavy atom. The standard InChI is InChI=1S/C24H46N6O.HI/c1-5-25-22(26-19-23(11-7-8-12-23)21(31)28(2)3)27-20-24(13-17-29(4)18-14-24)30-15-9-6-10-16-30;/h5-20H2,1-4H3,(H2,25,26,27);1H. The van der Waals surface area contributed by atoms with Crippen LogP contribution in [-0.2, 0) is 4.79 Å². The molecule has 0 bridgehead atoms. The molecule has 2 aliphatic heterocycles. The summed E-state index contributed by atoms with van der Waals surface area (Å²) < 4.78 is 0. The fraction of sp³-hybridized carbons (Fsp3) is 0.917. The van der Waals surface area contributed by atoms with Crippen LogP contribution >= 0.6 is 24.0 Å². The summed E-state index contributed by atoms with van der Waals surface area (Å²) in [5, 5.41) is 7.02. The minimum atomic E-state index is -0.280. The number of likely N-dealkylation sites (tertiary alicyclic amines) is 2. The van der Waals surface area contributed by atoms with Gasteiger partial charge in [0.2, 0.25) is 5.91 Å². The number of nitrogens with zero attached hydrogens (tertiary/aromatic N) is 4. The summed E-state index contributed by atoms with van der Waals surface area (Å²) in [7, 11) is 5.99. The molecule has 2 heterocycles. The largest absolute Gasteiger partial charge is 0.357 e. The van der Waals surface area contributed by atoms with Gasteiger partial charge < -0.3 is 20.4 Å². The van der Waals surface area contributed by atoms with Crippen molar-refractivity contribution in [1.29, 1.82) is 0 Å². The number of carbonyl (C=O) groups is 1. The number of amides is 1. The Balaban J connectivity index is 0.00000363. The van der Waals surface area contributed by atoms with Crippen molar-refractivity contribution >= 4 is 35.8 Å². The molecule has 0 aromatic carbocycles. The summed E-state index contributed by atoms with van der Waals surface area (Å²) >= 11 is 0. The highest BCUT2D eigenvalue weighted by atomic mass is 127. The van der Waals surface area contributed by atoms with Gasteiger partial charge in [0.25, 0.3) is 0 Å². The zero-order valence-corrected chi connectivity index (χ0v) is 23.2. The highest BCUT2D eigenvalue weighted by Gasteiger charge is 2.42. The minimum Gasteiger partial charge on any atom is -0.357 e. The first-order chi connectivity index (χ1) is 14.9. The molecular formula is C24H47IN6O. The maximum Gasteiger partial charge on any atom is 0.230 e. The number of hydrogen-bond donors (Lipinski definition) is 2. The van der Waals surface area contributed by atoms with Crippen LogP contribution in [0, 0.1) is 5.41 Å². The van der Waals surface area contributed by atoms with Crippen molar-refractivity contribution in [3.05, 3.63) is 0 Å². The molecule has 3 aliphatic rings. The number of rotatable bonds is 7. The van der Waals surface area contributed by atoms with Crippen LogP contribution in [-0.4, -0.2) is 99.1 Å². The lowest BCUT2D eigenvalue weighted by Gasteiger charge is -2.49. The molecule has 2 saturated heterocycles. The molecule has 1 amide bonds. The molecular weight excluding hydrogens is 515 g/mol. The van der Waals surface area contributed by atoms with E-state index in [9.17, 15) is 4.79 Å². The van der Waals surface area contributed by atoms with E-state index < -0.39 is 0 Å². The van der Waals surface area contributed by atoms with E-state index in [0.717, 1.165) is 57.8 Å². The molecule has 3 rings (SSSR count). The molecule has 0 atom stereocenters. The molecule has 0 aromatic heterocycles. The fourth-order valence-corrected chi connectivity index (χ4v) is 5.79. The third-order valence-corrected chi connectivity index (χ3v) is 7.84. The monoisotopic (exact) mass is 562 g/mol. The minimum absolute atomic E-state index is 0. The van der Waals surface area contributed by atoms with E-state index in [2.05, 4.69) is 34.4 Å². The van der Waals surface area contributed by atoms with Gasteiger partial charge in [0.15, 0.2) is 5.96 Å². The van der Waals surface area contributed by atoms with Gasteiger partial charge in [0, 0.05) is 32.7 Å². The fourth-order valence-electron chi connectivity index (χ4n) is 5.79. The summed E-state index contributed by atoms with van der Waals surface area (Å²) in [5.74, 6) is 1.13. The van der Waals surface area contributed by atoms with Crippen LogP contribution in [0.5, 0.6) is 0 Å². The summed E-state index contributed by atoms with van der Waals surface area (Å²) in [6, 6.07) is 0. The zero-order chi connectivity index (χ0) is 22.3. The Morgan fingerprint density at radius 1 is 0.938 bits per heavy atom. The SMILES string of the molecule is CCNC(=NCC1(N2CCCCC2)CCN(C)CC1)NCC1(C(=O)N(C)C)CCCC1.I. The van der Waals surface area contributed by atoms with Crippen molar-refractivity contribution in [3.8, 4) is 0 Å². The Kier molecular flexibility index (Phi) is 11.0. The molecule has 1 aliphatic carbocycles. The number of halogens is 1. The van der Waals surface area contributed by atoms with E-state index in [-0.39, 0.29) is 40.8 Å². The van der Waals surface area contributed by atoms with Crippen molar-refractivity contribution < 1.29 is 4.79 Å². The highest BCUT2D eigenvalue weighted by Crippen LogP contribution is 2.39. The number of piperidine rings is 2. The second-order valence-corrected chi connectivity index (χ2v) is 10.3. The van der Waals surface area contributed by atoms with Crippen LogP contribution in [0.3, 0.4) is 0 Å². The number of aliphatic imine (C=N–C) groups is 1. The molecule has 8 heteroatoms. The van der Waals surface area contributed by atoms with Gasteiger partial charge in [-0.3, -0.25) is 14.7 Å². The molecule has 3 fully saturated rings. The van der Waals surface area contributed by atoms with Gasteiger partial charge in [-0.25, -0.2) is 0 Å². The number of hydrogen-bond acceptors (Lipinski definition) is 4. The van der Waals surface area contributed by atoms with Crippen LogP contribution in [0.4, 0.5) is 0 Å². The number of guanidine groups is 1. The van der Waals surface area contributed by atoms with Crippen LogP contribution in [0.15, 0.2) is 4.99 Å². The van der Waals surface area contributed by atoms with Gasteiger partial charge >= 0.3 is 0 Å². The van der Waals surface area contributed by atoms with Crippen LogP contribution in [0.2, 0.25) is 0 Å². The summed E-state index contributed by atoms with van der Waals surface area (Å²) in [6.07, 6.45) is 10.6. The number of nitrogens with one attached hydrogen (secondary N) is 2. The molecule has 32 heavy (non-hydrogen) atoms. The normalized spacial score (nSPS) is 23.9. The third kappa shape index (κ3) is 6.72. The van der Waals surface area contributed by atoms with E-state index in [1.807, 2.05) is 14.1 Å². The van der Waals surface area contributed by atoms with E-state index in [0.29, 0.717) is 6.54 Å². The van der Waals surface area contributed by atoms with Gasteiger partial charge in [-0.1, -0.05) is 19.3 Å². The number of carbonyl (C=O) groups excluding carboxylic acids is 1.